The molecule has 0 aliphatic heterocycles. The van der Waals surface area contributed by atoms with Crippen molar-refractivity contribution in [2.24, 2.45) is 0 Å². The highest BCUT2D eigenvalue weighted by molar-refractivity contribution is 5.88. The van der Waals surface area contributed by atoms with Crippen molar-refractivity contribution in [3.05, 3.63) is 35.4 Å². The summed E-state index contributed by atoms with van der Waals surface area (Å²) in [7, 11) is 1.69. The maximum Gasteiger partial charge on any atom is 0.230 e. The van der Waals surface area contributed by atoms with Crippen LogP contribution in [0, 0.1) is 6.92 Å². The lowest BCUT2D eigenvalue weighted by Gasteiger charge is -2.28. The summed E-state index contributed by atoms with van der Waals surface area (Å²) in [4.78, 5) is 12.8. The molecule has 0 saturated heterocycles. The van der Waals surface area contributed by atoms with Crippen LogP contribution in [0.2, 0.25) is 0 Å². The fraction of sp³-hybridized carbons (Fsp3) is 0.611. The largest absolute Gasteiger partial charge is 0.383 e. The van der Waals surface area contributed by atoms with E-state index < -0.39 is 0 Å². The lowest BCUT2D eigenvalue weighted by Crippen LogP contribution is -2.45. The Morgan fingerprint density at radius 2 is 2.00 bits per heavy atom. The molecule has 0 atom stereocenters. The normalized spacial score (nSPS) is 16.6. The fourth-order valence-electron chi connectivity index (χ4n) is 3.30. The molecule has 0 heterocycles. The van der Waals surface area contributed by atoms with Gasteiger partial charge in [-0.25, -0.2) is 0 Å². The lowest BCUT2D eigenvalue weighted by atomic mass is 9.77. The summed E-state index contributed by atoms with van der Waals surface area (Å²) in [6, 6.07) is 8.42. The number of carbonyl (C=O) groups is 1. The summed E-state index contributed by atoms with van der Waals surface area (Å²) in [6.45, 7) is 5.04. The summed E-state index contributed by atoms with van der Waals surface area (Å²) in [5, 5.41) is 6.37. The second-order valence-corrected chi connectivity index (χ2v) is 6.16. The van der Waals surface area contributed by atoms with Crippen LogP contribution in [-0.2, 0) is 14.9 Å². The number of ether oxygens (including phenoxy) is 1. The van der Waals surface area contributed by atoms with Crippen LogP contribution in [0.15, 0.2) is 24.3 Å². The van der Waals surface area contributed by atoms with E-state index in [-0.39, 0.29) is 11.3 Å². The molecule has 4 heteroatoms. The molecule has 122 valence electrons. The van der Waals surface area contributed by atoms with Gasteiger partial charge in [0.05, 0.1) is 12.0 Å². The van der Waals surface area contributed by atoms with Gasteiger partial charge in [-0.1, -0.05) is 42.7 Å². The van der Waals surface area contributed by atoms with Gasteiger partial charge in [0, 0.05) is 26.7 Å². The molecule has 0 aromatic heterocycles. The SMILES string of the molecule is COCCNCCNC(=O)C1(c2cccc(C)c2)CCCC1. The number of rotatable bonds is 8. The van der Waals surface area contributed by atoms with E-state index in [0.717, 1.165) is 38.8 Å². The molecule has 1 aliphatic rings. The van der Waals surface area contributed by atoms with Crippen molar-refractivity contribution in [1.29, 1.82) is 0 Å². The summed E-state index contributed by atoms with van der Waals surface area (Å²) in [5.41, 5.74) is 2.08. The first-order valence-corrected chi connectivity index (χ1v) is 8.24. The monoisotopic (exact) mass is 304 g/mol. The molecule has 0 spiro atoms. The fourth-order valence-corrected chi connectivity index (χ4v) is 3.30. The van der Waals surface area contributed by atoms with Crippen molar-refractivity contribution < 1.29 is 9.53 Å². The second kappa shape index (κ2) is 8.30. The average molecular weight is 304 g/mol. The third-order valence-corrected chi connectivity index (χ3v) is 4.53. The maximum absolute atomic E-state index is 12.8. The highest BCUT2D eigenvalue weighted by Gasteiger charge is 2.42. The van der Waals surface area contributed by atoms with Gasteiger partial charge in [-0.2, -0.15) is 0 Å². The molecular formula is C18H28N2O2. The minimum absolute atomic E-state index is 0.184. The molecule has 2 N–H and O–H groups in total. The zero-order valence-corrected chi connectivity index (χ0v) is 13.8. The van der Waals surface area contributed by atoms with Gasteiger partial charge in [-0.15, -0.1) is 0 Å². The molecule has 0 unspecified atom stereocenters. The van der Waals surface area contributed by atoms with E-state index in [1.165, 1.54) is 11.1 Å². The van der Waals surface area contributed by atoms with E-state index in [1.807, 2.05) is 0 Å². The number of aryl methyl sites for hydroxylation is 1. The maximum atomic E-state index is 12.8. The Hall–Kier alpha value is -1.39. The number of methoxy groups -OCH3 is 1. The molecule has 1 aromatic rings. The molecule has 2 rings (SSSR count). The van der Waals surface area contributed by atoms with E-state index >= 15 is 0 Å². The van der Waals surface area contributed by atoms with Crippen LogP contribution in [0.3, 0.4) is 0 Å². The Kier molecular flexibility index (Phi) is 6.40. The molecule has 4 nitrogen and oxygen atoms in total. The first-order chi connectivity index (χ1) is 10.7. The Bertz CT molecular complexity index is 482. The van der Waals surface area contributed by atoms with Crippen molar-refractivity contribution in [1.82, 2.24) is 10.6 Å². The third-order valence-electron chi connectivity index (χ3n) is 4.53. The van der Waals surface area contributed by atoms with Gasteiger partial charge >= 0.3 is 0 Å². The topological polar surface area (TPSA) is 50.4 Å². The Morgan fingerprint density at radius 3 is 2.68 bits per heavy atom. The summed E-state index contributed by atoms with van der Waals surface area (Å²) in [5.74, 6) is 0.184. The summed E-state index contributed by atoms with van der Waals surface area (Å²) in [6.07, 6.45) is 4.18. The first kappa shape index (κ1) is 17.0. The molecule has 1 aliphatic carbocycles. The van der Waals surface area contributed by atoms with E-state index in [1.54, 1.807) is 7.11 Å². The van der Waals surface area contributed by atoms with Crippen molar-refractivity contribution in [2.75, 3.05) is 33.4 Å². The molecule has 0 bridgehead atoms. The second-order valence-electron chi connectivity index (χ2n) is 6.16. The predicted molar refractivity (Wildman–Crippen MR) is 89.1 cm³/mol. The van der Waals surface area contributed by atoms with Crippen molar-refractivity contribution >= 4 is 5.91 Å². The third kappa shape index (κ3) is 4.08. The molecule has 1 fully saturated rings. The predicted octanol–water partition coefficient (Wildman–Crippen LogP) is 2.16. The highest BCUT2D eigenvalue weighted by Crippen LogP contribution is 2.41. The highest BCUT2D eigenvalue weighted by atomic mass is 16.5. The number of nitrogens with one attached hydrogen (secondary N) is 2. The summed E-state index contributed by atoms with van der Waals surface area (Å²) >= 11 is 0. The zero-order valence-electron chi connectivity index (χ0n) is 13.8. The van der Waals surface area contributed by atoms with Gasteiger partial charge in [-0.3, -0.25) is 4.79 Å². The summed E-state index contributed by atoms with van der Waals surface area (Å²) < 4.78 is 4.99. The number of hydrogen-bond donors (Lipinski definition) is 2. The van der Waals surface area contributed by atoms with Gasteiger partial charge in [0.15, 0.2) is 0 Å². The van der Waals surface area contributed by atoms with Crippen LogP contribution >= 0.6 is 0 Å². The number of hydrogen-bond acceptors (Lipinski definition) is 3. The van der Waals surface area contributed by atoms with Crippen LogP contribution in [-0.4, -0.2) is 39.3 Å². The minimum atomic E-state index is -0.321. The molecule has 22 heavy (non-hydrogen) atoms. The quantitative estimate of drug-likeness (QED) is 0.724. The minimum Gasteiger partial charge on any atom is -0.383 e. The van der Waals surface area contributed by atoms with Crippen molar-refractivity contribution in [3.8, 4) is 0 Å². The molecule has 0 radical (unpaired) electrons. The van der Waals surface area contributed by atoms with E-state index in [0.29, 0.717) is 13.2 Å². The van der Waals surface area contributed by atoms with Crippen LogP contribution in [0.1, 0.15) is 36.8 Å². The van der Waals surface area contributed by atoms with Crippen LogP contribution in [0.5, 0.6) is 0 Å². The van der Waals surface area contributed by atoms with Gasteiger partial charge in [0.1, 0.15) is 0 Å². The molecule has 1 aromatic carbocycles. The van der Waals surface area contributed by atoms with Gasteiger partial charge < -0.3 is 15.4 Å². The van der Waals surface area contributed by atoms with Crippen molar-refractivity contribution in [2.45, 2.75) is 38.0 Å². The van der Waals surface area contributed by atoms with Crippen molar-refractivity contribution in [3.63, 3.8) is 0 Å². The van der Waals surface area contributed by atoms with E-state index in [4.69, 9.17) is 4.74 Å². The molecule has 1 amide bonds. The van der Waals surface area contributed by atoms with E-state index in [9.17, 15) is 4.79 Å². The Morgan fingerprint density at radius 1 is 1.23 bits per heavy atom. The van der Waals surface area contributed by atoms with Crippen LogP contribution < -0.4 is 10.6 Å². The zero-order chi connectivity index (χ0) is 15.8. The van der Waals surface area contributed by atoms with Gasteiger partial charge in [0.25, 0.3) is 0 Å². The molecular weight excluding hydrogens is 276 g/mol. The smallest absolute Gasteiger partial charge is 0.230 e. The number of carbonyl (C=O) groups excluding carboxylic acids is 1. The Balaban J connectivity index is 1.94. The number of amides is 1. The average Bonchev–Trinajstić information content (AvgIpc) is 3.01. The number of benzene rings is 1. The van der Waals surface area contributed by atoms with E-state index in [2.05, 4.69) is 41.8 Å². The van der Waals surface area contributed by atoms with Gasteiger partial charge in [-0.05, 0) is 25.3 Å². The standard InChI is InChI=1S/C18H28N2O2/c1-15-6-5-7-16(14-15)18(8-3-4-9-18)17(21)20-11-10-19-12-13-22-2/h5-7,14,19H,3-4,8-13H2,1-2H3,(H,20,21). The first-order valence-electron chi connectivity index (χ1n) is 8.24. The Labute approximate surface area is 133 Å². The van der Waals surface area contributed by atoms with Gasteiger partial charge in [0.2, 0.25) is 5.91 Å². The van der Waals surface area contributed by atoms with Crippen LogP contribution in [0.25, 0.3) is 0 Å². The lowest BCUT2D eigenvalue weighted by molar-refractivity contribution is -0.126. The van der Waals surface area contributed by atoms with Crippen LogP contribution in [0.4, 0.5) is 0 Å². The molecule has 1 saturated carbocycles.